The number of carbonyl (C=O) groups is 1. The van der Waals surface area contributed by atoms with Crippen LogP contribution in [0.4, 0.5) is 11.4 Å². The molecular weight excluding hydrogens is 366 g/mol. The van der Waals surface area contributed by atoms with Gasteiger partial charge in [-0.1, -0.05) is 48.0 Å². The molecule has 6 heteroatoms. The van der Waals surface area contributed by atoms with E-state index in [0.717, 1.165) is 35.0 Å². The maximum absolute atomic E-state index is 13.1. The molecule has 0 radical (unpaired) electrons. The highest BCUT2D eigenvalue weighted by atomic mass is 16.6. The molecule has 0 atom stereocenters. The maximum Gasteiger partial charge on any atom is 0.277 e. The van der Waals surface area contributed by atoms with Crippen molar-refractivity contribution in [3.05, 3.63) is 81.9 Å². The molecule has 0 saturated carbocycles. The molecule has 0 aromatic heterocycles. The molecule has 6 nitrogen and oxygen atoms in total. The summed E-state index contributed by atoms with van der Waals surface area (Å²) in [6.07, 6.45) is 2.25. The third kappa shape index (κ3) is 3.78. The summed E-state index contributed by atoms with van der Waals surface area (Å²) in [5.74, 6) is 0.0380. The molecule has 3 aromatic carbocycles. The van der Waals surface area contributed by atoms with Gasteiger partial charge in [0.05, 0.1) is 22.4 Å². The molecular formula is C23H23N3O3. The zero-order chi connectivity index (χ0) is 20.4. The van der Waals surface area contributed by atoms with Crippen molar-refractivity contribution in [2.75, 3.05) is 18.1 Å². The van der Waals surface area contributed by atoms with Crippen LogP contribution in [0.5, 0.6) is 0 Å². The third-order valence-corrected chi connectivity index (χ3v) is 5.40. The highest BCUT2D eigenvalue weighted by Crippen LogP contribution is 2.35. The highest BCUT2D eigenvalue weighted by Gasteiger charge is 2.27. The first-order valence-electron chi connectivity index (χ1n) is 9.84. The average Bonchev–Trinajstić information content (AvgIpc) is 2.74. The van der Waals surface area contributed by atoms with Crippen LogP contribution in [0.3, 0.4) is 0 Å². The Balaban J connectivity index is 1.69. The van der Waals surface area contributed by atoms with Crippen LogP contribution in [-0.2, 0) is 11.2 Å². The van der Waals surface area contributed by atoms with Crippen molar-refractivity contribution in [2.45, 2.75) is 26.2 Å². The van der Waals surface area contributed by atoms with Gasteiger partial charge in [-0.3, -0.25) is 24.9 Å². The molecule has 1 heterocycles. The minimum Gasteiger partial charge on any atom is -0.282 e. The Labute approximate surface area is 169 Å². The number of amides is 1. The summed E-state index contributed by atoms with van der Waals surface area (Å²) in [5.41, 5.74) is 3.07. The van der Waals surface area contributed by atoms with Crippen LogP contribution in [0.25, 0.3) is 10.8 Å². The van der Waals surface area contributed by atoms with E-state index in [4.69, 9.17) is 0 Å². The third-order valence-electron chi connectivity index (χ3n) is 5.40. The van der Waals surface area contributed by atoms with E-state index in [1.165, 1.54) is 6.07 Å². The predicted octanol–water partition coefficient (Wildman–Crippen LogP) is 4.64. The fraction of sp³-hybridized carbons (Fsp3) is 0.261. The lowest BCUT2D eigenvalue weighted by molar-refractivity contribution is -0.383. The molecule has 148 valence electrons. The molecule has 3 aromatic rings. The first kappa shape index (κ1) is 18.9. The van der Waals surface area contributed by atoms with Gasteiger partial charge in [0.25, 0.3) is 5.69 Å². The zero-order valence-electron chi connectivity index (χ0n) is 16.4. The lowest BCUT2D eigenvalue weighted by atomic mass is 10.1. The van der Waals surface area contributed by atoms with Crippen molar-refractivity contribution in [3.8, 4) is 0 Å². The van der Waals surface area contributed by atoms with E-state index in [2.05, 4.69) is 0 Å². The van der Waals surface area contributed by atoms with E-state index in [0.29, 0.717) is 24.9 Å². The molecule has 1 aliphatic heterocycles. The van der Waals surface area contributed by atoms with Gasteiger partial charge in [0.15, 0.2) is 0 Å². The Morgan fingerprint density at radius 1 is 0.966 bits per heavy atom. The molecule has 0 spiro atoms. The Bertz CT molecular complexity index is 1060. The van der Waals surface area contributed by atoms with Gasteiger partial charge in [0.2, 0.25) is 5.91 Å². The van der Waals surface area contributed by atoms with Crippen LogP contribution in [0.2, 0.25) is 0 Å². The first-order chi connectivity index (χ1) is 14.0. The van der Waals surface area contributed by atoms with Crippen molar-refractivity contribution in [1.29, 1.82) is 0 Å². The number of nitro benzene ring substituents is 1. The number of rotatable bonds is 4. The minimum absolute atomic E-state index is 0.0380. The molecule has 0 aliphatic carbocycles. The second kappa shape index (κ2) is 7.91. The van der Waals surface area contributed by atoms with Crippen LogP contribution >= 0.6 is 0 Å². The lowest BCUT2D eigenvalue weighted by Crippen LogP contribution is -2.51. The predicted molar refractivity (Wildman–Crippen MR) is 114 cm³/mol. The summed E-state index contributed by atoms with van der Waals surface area (Å²) in [4.78, 5) is 24.2. The van der Waals surface area contributed by atoms with E-state index in [9.17, 15) is 14.9 Å². The van der Waals surface area contributed by atoms with Crippen molar-refractivity contribution >= 4 is 28.1 Å². The Kier molecular flexibility index (Phi) is 5.16. The van der Waals surface area contributed by atoms with Gasteiger partial charge in [0.1, 0.15) is 0 Å². The average molecular weight is 389 g/mol. The van der Waals surface area contributed by atoms with E-state index in [-0.39, 0.29) is 16.5 Å². The van der Waals surface area contributed by atoms with E-state index in [1.807, 2.05) is 48.3 Å². The van der Waals surface area contributed by atoms with Gasteiger partial charge in [-0.15, -0.1) is 0 Å². The van der Waals surface area contributed by atoms with Crippen molar-refractivity contribution < 1.29 is 9.72 Å². The second-order valence-corrected chi connectivity index (χ2v) is 7.42. The summed E-state index contributed by atoms with van der Waals surface area (Å²) < 4.78 is 0. The molecule has 0 N–H and O–H groups in total. The molecule has 0 unspecified atom stereocenters. The number of nitrogens with zero attached hydrogens (tertiary/aromatic N) is 3. The molecule has 29 heavy (non-hydrogen) atoms. The summed E-state index contributed by atoms with van der Waals surface area (Å²) >= 11 is 0. The van der Waals surface area contributed by atoms with Crippen molar-refractivity contribution in [3.63, 3.8) is 0 Å². The minimum atomic E-state index is -0.359. The van der Waals surface area contributed by atoms with Gasteiger partial charge >= 0.3 is 0 Å². The molecule has 1 fully saturated rings. The molecule has 1 aliphatic rings. The van der Waals surface area contributed by atoms with Crippen LogP contribution in [0.15, 0.2) is 60.7 Å². The standard InChI is InChI=1S/C23H23N3O3/c1-17-8-10-18(11-9-17)16-23(27)25-15-5-4-14-24(25)21-12-13-22(26(28)29)20-7-3-2-6-19(20)21/h2-3,6-13H,4-5,14-16H2,1H3. The molecule has 0 bridgehead atoms. The Morgan fingerprint density at radius 2 is 1.66 bits per heavy atom. The van der Waals surface area contributed by atoms with Crippen LogP contribution in [-0.4, -0.2) is 28.9 Å². The number of nitro groups is 1. The number of hydrazine groups is 1. The molecule has 4 rings (SSSR count). The molecule has 1 amide bonds. The zero-order valence-corrected chi connectivity index (χ0v) is 16.4. The van der Waals surface area contributed by atoms with E-state index >= 15 is 0 Å². The van der Waals surface area contributed by atoms with Crippen LogP contribution < -0.4 is 5.01 Å². The maximum atomic E-state index is 13.1. The van der Waals surface area contributed by atoms with Crippen LogP contribution in [0.1, 0.15) is 24.0 Å². The monoisotopic (exact) mass is 389 g/mol. The Hall–Kier alpha value is -3.41. The number of non-ortho nitro benzene ring substituents is 1. The Morgan fingerprint density at radius 3 is 2.38 bits per heavy atom. The smallest absolute Gasteiger partial charge is 0.277 e. The number of carbonyl (C=O) groups excluding carboxylic acids is 1. The quantitative estimate of drug-likeness (QED) is 0.481. The first-order valence-corrected chi connectivity index (χ1v) is 9.84. The van der Waals surface area contributed by atoms with Gasteiger partial charge in [-0.25, -0.2) is 0 Å². The summed E-state index contributed by atoms with van der Waals surface area (Å²) in [7, 11) is 0. The summed E-state index contributed by atoms with van der Waals surface area (Å²) in [6, 6.07) is 18.6. The largest absolute Gasteiger partial charge is 0.282 e. The van der Waals surface area contributed by atoms with Crippen LogP contribution in [0, 0.1) is 17.0 Å². The SMILES string of the molecule is Cc1ccc(CC(=O)N2CCCCN2c2ccc([N+](=O)[O-])c3ccccc23)cc1. The number of benzene rings is 3. The number of fused-ring (bicyclic) bond motifs is 1. The molecule has 1 saturated heterocycles. The number of hydrogen-bond acceptors (Lipinski definition) is 4. The number of anilines is 1. The number of aryl methyl sites for hydroxylation is 1. The van der Waals surface area contributed by atoms with Gasteiger partial charge in [0, 0.05) is 24.5 Å². The summed E-state index contributed by atoms with van der Waals surface area (Å²) in [5, 5.41) is 16.6. The number of hydrogen-bond donors (Lipinski definition) is 0. The fourth-order valence-corrected chi connectivity index (χ4v) is 3.90. The fourth-order valence-electron chi connectivity index (χ4n) is 3.90. The van der Waals surface area contributed by atoms with Gasteiger partial charge in [-0.2, -0.15) is 0 Å². The van der Waals surface area contributed by atoms with E-state index in [1.54, 1.807) is 23.2 Å². The second-order valence-electron chi connectivity index (χ2n) is 7.42. The summed E-state index contributed by atoms with van der Waals surface area (Å²) in [6.45, 7) is 3.38. The normalized spacial score (nSPS) is 14.2. The topological polar surface area (TPSA) is 66.7 Å². The van der Waals surface area contributed by atoms with Gasteiger partial charge in [-0.05, 0) is 37.5 Å². The lowest BCUT2D eigenvalue weighted by Gasteiger charge is -2.40. The van der Waals surface area contributed by atoms with E-state index < -0.39 is 0 Å². The van der Waals surface area contributed by atoms with Gasteiger partial charge < -0.3 is 0 Å². The van der Waals surface area contributed by atoms with Crippen molar-refractivity contribution in [2.24, 2.45) is 0 Å². The van der Waals surface area contributed by atoms with Crippen molar-refractivity contribution in [1.82, 2.24) is 5.01 Å². The highest BCUT2D eigenvalue weighted by molar-refractivity contribution is 6.00.